The SMILES string of the molecule is Cc1nc(CC(O)c2ccco2)oc1C. The van der Waals surface area contributed by atoms with Crippen LogP contribution < -0.4 is 0 Å². The van der Waals surface area contributed by atoms with Gasteiger partial charge in [0.2, 0.25) is 0 Å². The van der Waals surface area contributed by atoms with Gasteiger partial charge in [-0.1, -0.05) is 0 Å². The molecule has 2 aromatic heterocycles. The number of aryl methyl sites for hydroxylation is 2. The molecule has 0 radical (unpaired) electrons. The topological polar surface area (TPSA) is 59.4 Å². The van der Waals surface area contributed by atoms with Crippen molar-refractivity contribution in [2.24, 2.45) is 0 Å². The minimum absolute atomic E-state index is 0.336. The highest BCUT2D eigenvalue weighted by Crippen LogP contribution is 2.19. The van der Waals surface area contributed by atoms with E-state index in [9.17, 15) is 5.11 Å². The van der Waals surface area contributed by atoms with Crippen LogP contribution in [0.2, 0.25) is 0 Å². The molecule has 4 nitrogen and oxygen atoms in total. The number of aromatic nitrogens is 1. The lowest BCUT2D eigenvalue weighted by Gasteiger charge is -2.03. The summed E-state index contributed by atoms with van der Waals surface area (Å²) in [6.45, 7) is 3.73. The van der Waals surface area contributed by atoms with Crippen LogP contribution >= 0.6 is 0 Å². The summed E-state index contributed by atoms with van der Waals surface area (Å²) < 4.78 is 10.5. The highest BCUT2D eigenvalue weighted by Gasteiger charge is 2.15. The average molecular weight is 207 g/mol. The molecular formula is C11H13NO3. The Hall–Kier alpha value is -1.55. The molecular weight excluding hydrogens is 194 g/mol. The van der Waals surface area contributed by atoms with Gasteiger partial charge in [-0.3, -0.25) is 0 Å². The van der Waals surface area contributed by atoms with E-state index in [2.05, 4.69) is 4.98 Å². The van der Waals surface area contributed by atoms with Crippen molar-refractivity contribution in [3.8, 4) is 0 Å². The maximum atomic E-state index is 9.77. The monoisotopic (exact) mass is 207 g/mol. The number of nitrogens with zero attached hydrogens (tertiary/aromatic N) is 1. The van der Waals surface area contributed by atoms with Crippen molar-refractivity contribution in [1.82, 2.24) is 4.98 Å². The first kappa shape index (κ1) is 9.98. The fourth-order valence-electron chi connectivity index (χ4n) is 1.37. The number of rotatable bonds is 3. The lowest BCUT2D eigenvalue weighted by atomic mass is 10.2. The minimum atomic E-state index is -0.697. The fourth-order valence-corrected chi connectivity index (χ4v) is 1.37. The van der Waals surface area contributed by atoms with Gasteiger partial charge < -0.3 is 13.9 Å². The van der Waals surface area contributed by atoms with Gasteiger partial charge in [-0.05, 0) is 26.0 Å². The molecule has 2 aromatic rings. The minimum Gasteiger partial charge on any atom is -0.467 e. The van der Waals surface area contributed by atoms with E-state index < -0.39 is 6.10 Å². The smallest absolute Gasteiger partial charge is 0.197 e. The van der Waals surface area contributed by atoms with Gasteiger partial charge in [0, 0.05) is 0 Å². The Bertz CT molecular complexity index is 411. The van der Waals surface area contributed by atoms with Crippen LogP contribution in [0.15, 0.2) is 27.2 Å². The van der Waals surface area contributed by atoms with Crippen LogP contribution in [0.4, 0.5) is 0 Å². The Morgan fingerprint density at radius 2 is 2.27 bits per heavy atom. The first-order chi connectivity index (χ1) is 7.16. The maximum absolute atomic E-state index is 9.77. The summed E-state index contributed by atoms with van der Waals surface area (Å²) in [4.78, 5) is 4.19. The predicted octanol–water partition coefficient (Wildman–Crippen LogP) is 2.16. The Balaban J connectivity index is 2.09. The van der Waals surface area contributed by atoms with Crippen molar-refractivity contribution in [3.05, 3.63) is 41.5 Å². The van der Waals surface area contributed by atoms with Gasteiger partial charge in [0.1, 0.15) is 17.6 Å². The van der Waals surface area contributed by atoms with Gasteiger partial charge >= 0.3 is 0 Å². The standard InChI is InChI=1S/C11H13NO3/c1-7-8(2)15-11(12-7)6-9(13)10-4-3-5-14-10/h3-5,9,13H,6H2,1-2H3. The molecule has 80 valence electrons. The van der Waals surface area contributed by atoms with Gasteiger partial charge in [0.25, 0.3) is 0 Å². The van der Waals surface area contributed by atoms with E-state index in [-0.39, 0.29) is 0 Å². The van der Waals surface area contributed by atoms with Crippen molar-refractivity contribution in [3.63, 3.8) is 0 Å². The van der Waals surface area contributed by atoms with E-state index in [1.807, 2.05) is 13.8 Å². The Morgan fingerprint density at radius 1 is 1.47 bits per heavy atom. The number of hydrogen-bond acceptors (Lipinski definition) is 4. The number of furan rings is 1. The molecule has 0 spiro atoms. The fraction of sp³-hybridized carbons (Fsp3) is 0.364. The molecule has 0 aromatic carbocycles. The van der Waals surface area contributed by atoms with Gasteiger partial charge in [-0.2, -0.15) is 0 Å². The zero-order valence-corrected chi connectivity index (χ0v) is 8.73. The molecule has 2 rings (SSSR count). The summed E-state index contributed by atoms with van der Waals surface area (Å²) in [5.74, 6) is 1.86. The maximum Gasteiger partial charge on any atom is 0.197 e. The second-order valence-electron chi connectivity index (χ2n) is 3.48. The molecule has 15 heavy (non-hydrogen) atoms. The van der Waals surface area contributed by atoms with E-state index in [0.29, 0.717) is 18.1 Å². The number of aliphatic hydroxyl groups excluding tert-OH is 1. The van der Waals surface area contributed by atoms with Gasteiger partial charge in [-0.15, -0.1) is 0 Å². The molecule has 1 atom stereocenters. The zero-order valence-electron chi connectivity index (χ0n) is 8.73. The predicted molar refractivity (Wildman–Crippen MR) is 53.3 cm³/mol. The third-order valence-corrected chi connectivity index (χ3v) is 2.31. The highest BCUT2D eigenvalue weighted by molar-refractivity contribution is 5.08. The normalized spacial score (nSPS) is 13.0. The van der Waals surface area contributed by atoms with Crippen LogP contribution in [-0.4, -0.2) is 10.1 Å². The van der Waals surface area contributed by atoms with Crippen molar-refractivity contribution < 1.29 is 13.9 Å². The van der Waals surface area contributed by atoms with E-state index in [0.717, 1.165) is 11.5 Å². The van der Waals surface area contributed by atoms with Gasteiger partial charge in [0.15, 0.2) is 5.89 Å². The highest BCUT2D eigenvalue weighted by atomic mass is 16.4. The summed E-state index contributed by atoms with van der Waals surface area (Å²) in [5.41, 5.74) is 0.858. The van der Waals surface area contributed by atoms with Crippen LogP contribution in [0.3, 0.4) is 0 Å². The summed E-state index contributed by atoms with van der Waals surface area (Å²) in [5, 5.41) is 9.77. The van der Waals surface area contributed by atoms with Gasteiger partial charge in [0.05, 0.1) is 18.4 Å². The largest absolute Gasteiger partial charge is 0.467 e. The molecule has 0 bridgehead atoms. The molecule has 0 fully saturated rings. The first-order valence-corrected chi connectivity index (χ1v) is 4.81. The molecule has 0 saturated heterocycles. The van der Waals surface area contributed by atoms with Crippen LogP contribution in [-0.2, 0) is 6.42 Å². The van der Waals surface area contributed by atoms with E-state index >= 15 is 0 Å². The van der Waals surface area contributed by atoms with E-state index in [1.54, 1.807) is 12.1 Å². The zero-order chi connectivity index (χ0) is 10.8. The summed E-state index contributed by atoms with van der Waals surface area (Å²) in [6, 6.07) is 3.47. The average Bonchev–Trinajstić information content (AvgIpc) is 2.77. The molecule has 1 unspecified atom stereocenters. The summed E-state index contributed by atoms with van der Waals surface area (Å²) >= 11 is 0. The Labute approximate surface area is 87.6 Å². The second-order valence-corrected chi connectivity index (χ2v) is 3.48. The molecule has 0 saturated carbocycles. The van der Waals surface area contributed by atoms with E-state index in [4.69, 9.17) is 8.83 Å². The van der Waals surface area contributed by atoms with Crippen molar-refractivity contribution in [1.29, 1.82) is 0 Å². The molecule has 4 heteroatoms. The molecule has 0 aliphatic carbocycles. The summed E-state index contributed by atoms with van der Waals surface area (Å²) in [6.07, 6.45) is 1.17. The Kier molecular flexibility index (Phi) is 2.60. The third-order valence-electron chi connectivity index (χ3n) is 2.31. The number of oxazole rings is 1. The van der Waals surface area contributed by atoms with Crippen LogP contribution in [0.5, 0.6) is 0 Å². The van der Waals surface area contributed by atoms with Crippen molar-refractivity contribution in [2.45, 2.75) is 26.4 Å². The van der Waals surface area contributed by atoms with E-state index in [1.165, 1.54) is 6.26 Å². The summed E-state index contributed by atoms with van der Waals surface area (Å²) in [7, 11) is 0. The molecule has 1 N–H and O–H groups in total. The molecule has 2 heterocycles. The molecule has 0 aliphatic heterocycles. The molecule has 0 aliphatic rings. The van der Waals surface area contributed by atoms with Crippen LogP contribution in [0, 0.1) is 13.8 Å². The van der Waals surface area contributed by atoms with Crippen LogP contribution in [0.25, 0.3) is 0 Å². The lowest BCUT2D eigenvalue weighted by molar-refractivity contribution is 0.141. The van der Waals surface area contributed by atoms with Crippen LogP contribution in [0.1, 0.15) is 29.2 Å². The van der Waals surface area contributed by atoms with Crippen molar-refractivity contribution >= 4 is 0 Å². The number of hydrogen-bond donors (Lipinski definition) is 1. The number of aliphatic hydroxyl groups is 1. The Morgan fingerprint density at radius 3 is 2.80 bits per heavy atom. The second kappa shape index (κ2) is 3.90. The molecule has 0 amide bonds. The quantitative estimate of drug-likeness (QED) is 0.837. The first-order valence-electron chi connectivity index (χ1n) is 4.81. The lowest BCUT2D eigenvalue weighted by Crippen LogP contribution is -2.00. The van der Waals surface area contributed by atoms with Gasteiger partial charge in [-0.25, -0.2) is 4.98 Å². The van der Waals surface area contributed by atoms with Crippen molar-refractivity contribution in [2.75, 3.05) is 0 Å². The third kappa shape index (κ3) is 2.10.